The molecule has 0 aliphatic rings. The van der Waals surface area contributed by atoms with Crippen LogP contribution in [0, 0.1) is 6.92 Å². The Bertz CT molecular complexity index is 1260. The maximum atomic E-state index is 12.0. The summed E-state index contributed by atoms with van der Waals surface area (Å²) in [6.07, 6.45) is 1.37. The Kier molecular flexibility index (Phi) is 4.36. The zero-order valence-electron chi connectivity index (χ0n) is 15.2. The Balaban J connectivity index is 1.65. The number of aryl methyl sites for hydroxylation is 2. The van der Waals surface area contributed by atoms with Crippen molar-refractivity contribution in [2.24, 2.45) is 7.05 Å². The highest BCUT2D eigenvalue weighted by molar-refractivity contribution is 5.63. The molecule has 140 valence electrons. The predicted molar refractivity (Wildman–Crippen MR) is 102 cm³/mol. The average molecular weight is 376 g/mol. The Morgan fingerprint density at radius 2 is 1.82 bits per heavy atom. The number of hydrogen-bond acceptors (Lipinski definition) is 6. The highest BCUT2D eigenvalue weighted by atomic mass is 16.5. The van der Waals surface area contributed by atoms with Gasteiger partial charge >= 0.3 is 5.69 Å². The fourth-order valence-corrected chi connectivity index (χ4v) is 2.73. The normalized spacial score (nSPS) is 10.8. The molecule has 1 N–H and O–H groups in total. The van der Waals surface area contributed by atoms with Crippen LogP contribution in [0.4, 0.5) is 0 Å². The Hall–Kier alpha value is -3.94. The zero-order chi connectivity index (χ0) is 19.7. The van der Waals surface area contributed by atoms with Crippen LogP contribution in [0.3, 0.4) is 0 Å². The third-order valence-electron chi connectivity index (χ3n) is 4.18. The van der Waals surface area contributed by atoms with Crippen molar-refractivity contribution in [3.05, 3.63) is 81.1 Å². The van der Waals surface area contributed by atoms with Gasteiger partial charge in [0.2, 0.25) is 5.82 Å². The van der Waals surface area contributed by atoms with E-state index in [1.54, 1.807) is 6.07 Å². The molecule has 0 unspecified atom stereocenters. The van der Waals surface area contributed by atoms with E-state index in [1.165, 1.54) is 17.8 Å². The second-order valence-electron chi connectivity index (χ2n) is 6.23. The minimum absolute atomic E-state index is 0.107. The summed E-state index contributed by atoms with van der Waals surface area (Å²) in [5.74, 6) is 1.80. The molecule has 0 aliphatic heterocycles. The van der Waals surface area contributed by atoms with Crippen LogP contribution < -0.4 is 16.0 Å². The maximum Gasteiger partial charge on any atom is 0.328 e. The molecule has 4 rings (SSSR count). The number of aromatic nitrogens is 4. The van der Waals surface area contributed by atoms with Crippen LogP contribution in [0.1, 0.15) is 5.56 Å². The van der Waals surface area contributed by atoms with Crippen LogP contribution >= 0.6 is 0 Å². The van der Waals surface area contributed by atoms with E-state index in [0.717, 1.165) is 16.9 Å². The van der Waals surface area contributed by atoms with E-state index in [2.05, 4.69) is 15.1 Å². The molecule has 0 fully saturated rings. The molecule has 0 bridgehead atoms. The van der Waals surface area contributed by atoms with Crippen LogP contribution in [0.5, 0.6) is 11.5 Å². The smallest absolute Gasteiger partial charge is 0.328 e. The lowest BCUT2D eigenvalue weighted by Gasteiger charge is -2.07. The molecule has 8 nitrogen and oxygen atoms in total. The molecule has 0 aliphatic carbocycles. The van der Waals surface area contributed by atoms with E-state index < -0.39 is 11.2 Å². The first-order valence-electron chi connectivity index (χ1n) is 8.49. The predicted octanol–water partition coefficient (Wildman–Crippen LogP) is 2.89. The largest absolute Gasteiger partial charge is 0.457 e. The van der Waals surface area contributed by atoms with Crippen molar-refractivity contribution in [1.82, 2.24) is 19.7 Å². The van der Waals surface area contributed by atoms with Gasteiger partial charge in [-0.3, -0.25) is 9.78 Å². The van der Waals surface area contributed by atoms with Crippen molar-refractivity contribution >= 4 is 0 Å². The molecule has 0 amide bonds. The van der Waals surface area contributed by atoms with E-state index in [0.29, 0.717) is 5.75 Å². The van der Waals surface area contributed by atoms with E-state index in [4.69, 9.17) is 9.26 Å². The van der Waals surface area contributed by atoms with Gasteiger partial charge in [-0.25, -0.2) is 4.79 Å². The number of H-pyrrole nitrogens is 1. The molecular formula is C20H16N4O4. The fraction of sp³-hybridized carbons (Fsp3) is 0.100. The summed E-state index contributed by atoms with van der Waals surface area (Å²) in [6, 6.07) is 15.0. The minimum Gasteiger partial charge on any atom is -0.457 e. The highest BCUT2D eigenvalue weighted by Gasteiger charge is 2.16. The van der Waals surface area contributed by atoms with Gasteiger partial charge in [-0.15, -0.1) is 0 Å². The van der Waals surface area contributed by atoms with Crippen LogP contribution in [0.25, 0.3) is 22.8 Å². The van der Waals surface area contributed by atoms with E-state index >= 15 is 0 Å². The molecule has 0 atom stereocenters. The molecule has 0 radical (unpaired) electrons. The lowest BCUT2D eigenvalue weighted by molar-refractivity contribution is 0.431. The molecule has 0 saturated carbocycles. The summed E-state index contributed by atoms with van der Waals surface area (Å²) in [4.78, 5) is 30.0. The number of nitrogens with one attached hydrogen (secondary N) is 1. The molecule has 4 aromatic rings. The van der Waals surface area contributed by atoms with Gasteiger partial charge in [0, 0.05) is 18.8 Å². The van der Waals surface area contributed by atoms with Crippen molar-refractivity contribution in [2.75, 3.05) is 0 Å². The first-order chi connectivity index (χ1) is 13.5. The quantitative estimate of drug-likeness (QED) is 0.587. The van der Waals surface area contributed by atoms with Gasteiger partial charge in [0.25, 0.3) is 11.4 Å². The van der Waals surface area contributed by atoms with Gasteiger partial charge in [0.1, 0.15) is 17.1 Å². The minimum atomic E-state index is -0.571. The summed E-state index contributed by atoms with van der Waals surface area (Å²) < 4.78 is 12.4. The first-order valence-corrected chi connectivity index (χ1v) is 8.49. The van der Waals surface area contributed by atoms with Crippen molar-refractivity contribution in [1.29, 1.82) is 0 Å². The number of benzene rings is 2. The van der Waals surface area contributed by atoms with Gasteiger partial charge < -0.3 is 13.8 Å². The van der Waals surface area contributed by atoms with Gasteiger partial charge in [0.05, 0.1) is 0 Å². The Morgan fingerprint density at radius 3 is 2.57 bits per heavy atom. The molecule has 8 heteroatoms. The summed E-state index contributed by atoms with van der Waals surface area (Å²) in [6.45, 7) is 1.90. The number of rotatable bonds is 4. The number of ether oxygens (including phenoxy) is 1. The summed E-state index contributed by atoms with van der Waals surface area (Å²) in [7, 11) is 1.53. The van der Waals surface area contributed by atoms with Crippen molar-refractivity contribution in [3.8, 4) is 34.3 Å². The average Bonchev–Trinajstić information content (AvgIpc) is 3.15. The van der Waals surface area contributed by atoms with Crippen LogP contribution in [0.15, 0.2) is 68.8 Å². The third-order valence-corrected chi connectivity index (χ3v) is 4.18. The van der Waals surface area contributed by atoms with Gasteiger partial charge in [-0.1, -0.05) is 23.4 Å². The first kappa shape index (κ1) is 17.5. The topological polar surface area (TPSA) is 103 Å². The molecule has 0 spiro atoms. The zero-order valence-corrected chi connectivity index (χ0v) is 15.2. The van der Waals surface area contributed by atoms with Crippen LogP contribution in [0.2, 0.25) is 0 Å². The van der Waals surface area contributed by atoms with E-state index in [1.807, 2.05) is 49.4 Å². The van der Waals surface area contributed by atoms with Gasteiger partial charge in [0.15, 0.2) is 0 Å². The van der Waals surface area contributed by atoms with Crippen molar-refractivity contribution in [2.45, 2.75) is 6.92 Å². The summed E-state index contributed by atoms with van der Waals surface area (Å²) in [5.41, 5.74) is 0.665. The second-order valence-corrected chi connectivity index (χ2v) is 6.23. The standard InChI is InChI=1S/C20H16N4O4/c1-12-10-14(27-13-6-4-3-5-7-13)8-9-15(12)19-21-17(23-28-19)16-11-24(2)20(26)22-18(16)25/h3-11H,1-2H3,(H,22,25,26). The fourth-order valence-electron chi connectivity index (χ4n) is 2.73. The number of aromatic amines is 1. The summed E-state index contributed by atoms with van der Waals surface area (Å²) in [5, 5.41) is 3.87. The van der Waals surface area contributed by atoms with Gasteiger partial charge in [-0.05, 0) is 42.8 Å². The van der Waals surface area contributed by atoms with E-state index in [-0.39, 0.29) is 17.3 Å². The highest BCUT2D eigenvalue weighted by Crippen LogP contribution is 2.29. The van der Waals surface area contributed by atoms with E-state index in [9.17, 15) is 9.59 Å². The summed E-state index contributed by atoms with van der Waals surface area (Å²) >= 11 is 0. The monoisotopic (exact) mass is 376 g/mol. The SMILES string of the molecule is Cc1cc(Oc2ccccc2)ccc1-c1nc(-c2cn(C)c(=O)[nH]c2=O)no1. The molecule has 2 aromatic carbocycles. The number of para-hydroxylation sites is 1. The maximum absolute atomic E-state index is 12.0. The Labute approximate surface area is 159 Å². The van der Waals surface area contributed by atoms with Crippen LogP contribution in [-0.2, 0) is 7.05 Å². The van der Waals surface area contributed by atoms with Crippen molar-refractivity contribution in [3.63, 3.8) is 0 Å². The Morgan fingerprint density at radius 1 is 1.04 bits per heavy atom. The molecule has 28 heavy (non-hydrogen) atoms. The molecule has 2 heterocycles. The molecule has 2 aromatic heterocycles. The molecule has 0 saturated heterocycles. The number of nitrogens with zero attached hydrogens (tertiary/aromatic N) is 3. The lowest BCUT2D eigenvalue weighted by atomic mass is 10.1. The lowest BCUT2D eigenvalue weighted by Crippen LogP contribution is -2.28. The second kappa shape index (κ2) is 6.99. The molecular weight excluding hydrogens is 360 g/mol. The van der Waals surface area contributed by atoms with Gasteiger partial charge in [-0.2, -0.15) is 4.98 Å². The number of hydrogen-bond donors (Lipinski definition) is 1. The van der Waals surface area contributed by atoms with Crippen LogP contribution in [-0.4, -0.2) is 19.7 Å². The third kappa shape index (κ3) is 3.35. The van der Waals surface area contributed by atoms with Crippen molar-refractivity contribution < 1.29 is 9.26 Å².